The van der Waals surface area contributed by atoms with Gasteiger partial charge in [0.2, 0.25) is 11.8 Å². The molecule has 0 spiro atoms. The lowest BCUT2D eigenvalue weighted by Gasteiger charge is -2.28. The molecule has 8 nitrogen and oxygen atoms in total. The number of nitrogens with zero attached hydrogens (tertiary/aromatic N) is 1. The maximum absolute atomic E-state index is 11.7. The van der Waals surface area contributed by atoms with E-state index in [4.69, 9.17) is 11.5 Å². The Hall–Kier alpha value is -2.77. The maximum atomic E-state index is 11.7. The van der Waals surface area contributed by atoms with Crippen molar-refractivity contribution in [2.45, 2.75) is 31.8 Å². The van der Waals surface area contributed by atoms with Crippen LogP contribution in [0.2, 0.25) is 0 Å². The molecule has 1 aliphatic heterocycles. The number of rotatable bonds is 6. The topological polar surface area (TPSA) is 131 Å². The first-order valence-electron chi connectivity index (χ1n) is 7.94. The van der Waals surface area contributed by atoms with Gasteiger partial charge in [0.15, 0.2) is 6.04 Å². The highest BCUT2D eigenvalue weighted by Crippen LogP contribution is 2.20. The average molecular weight is 333 g/mol. The highest BCUT2D eigenvalue weighted by atomic mass is 16.2. The van der Waals surface area contributed by atoms with Crippen LogP contribution in [0, 0.1) is 0 Å². The fourth-order valence-electron chi connectivity index (χ4n) is 2.62. The molecule has 0 unspecified atom stereocenters. The lowest BCUT2D eigenvalue weighted by atomic mass is 10.1. The molecular formula is C16H23N5O3. The van der Waals surface area contributed by atoms with Crippen molar-refractivity contribution in [3.05, 3.63) is 29.8 Å². The standard InChI is InChI=1S/C16H23N5O3/c17-14(22)13(15(18)23)20-16(24)19-10-11-4-6-12(7-5-11)21-8-2-1-3-9-21/h4-7,13H,1-3,8-10H2,(H2,17,22)(H2,18,23)(H2,19,20,24). The Labute approximate surface area is 140 Å². The molecule has 6 N–H and O–H groups in total. The van der Waals surface area contributed by atoms with E-state index in [1.807, 2.05) is 24.3 Å². The van der Waals surface area contributed by atoms with Crippen LogP contribution in [0.5, 0.6) is 0 Å². The molecule has 1 aliphatic rings. The van der Waals surface area contributed by atoms with Crippen LogP contribution in [0.4, 0.5) is 10.5 Å². The summed E-state index contributed by atoms with van der Waals surface area (Å²) in [6, 6.07) is 5.71. The van der Waals surface area contributed by atoms with Crippen molar-refractivity contribution < 1.29 is 14.4 Å². The van der Waals surface area contributed by atoms with Gasteiger partial charge in [-0.3, -0.25) is 9.59 Å². The van der Waals surface area contributed by atoms with Gasteiger partial charge in [-0.05, 0) is 37.0 Å². The summed E-state index contributed by atoms with van der Waals surface area (Å²) in [7, 11) is 0. The van der Waals surface area contributed by atoms with E-state index in [0.29, 0.717) is 0 Å². The molecule has 0 aromatic heterocycles. The van der Waals surface area contributed by atoms with Crippen LogP contribution in [0.15, 0.2) is 24.3 Å². The Balaban J connectivity index is 1.84. The number of piperidine rings is 1. The highest BCUT2D eigenvalue weighted by molar-refractivity contribution is 6.05. The number of urea groups is 1. The van der Waals surface area contributed by atoms with E-state index in [1.54, 1.807) is 0 Å². The molecule has 1 fully saturated rings. The first-order chi connectivity index (χ1) is 11.5. The Morgan fingerprint density at radius 3 is 2.12 bits per heavy atom. The van der Waals surface area contributed by atoms with E-state index in [-0.39, 0.29) is 6.54 Å². The van der Waals surface area contributed by atoms with Gasteiger partial charge in [0, 0.05) is 25.3 Å². The largest absolute Gasteiger partial charge is 0.372 e. The SMILES string of the molecule is NC(=O)C(NC(=O)NCc1ccc(N2CCCCC2)cc1)C(N)=O. The second-order valence-corrected chi connectivity index (χ2v) is 5.78. The van der Waals surface area contributed by atoms with Crippen LogP contribution >= 0.6 is 0 Å². The second kappa shape index (κ2) is 8.19. The Bertz CT molecular complexity index is 582. The summed E-state index contributed by atoms with van der Waals surface area (Å²) in [6.07, 6.45) is 3.71. The van der Waals surface area contributed by atoms with Crippen LogP contribution in [0.25, 0.3) is 0 Å². The summed E-state index contributed by atoms with van der Waals surface area (Å²) in [5, 5.41) is 4.70. The molecule has 0 bridgehead atoms. The van der Waals surface area contributed by atoms with Crippen LogP contribution in [0.1, 0.15) is 24.8 Å². The van der Waals surface area contributed by atoms with Crippen molar-refractivity contribution in [1.29, 1.82) is 0 Å². The molecular weight excluding hydrogens is 310 g/mol. The molecule has 1 aromatic carbocycles. The summed E-state index contributed by atoms with van der Waals surface area (Å²) in [5.74, 6) is -1.99. The van der Waals surface area contributed by atoms with E-state index in [2.05, 4.69) is 15.5 Å². The summed E-state index contributed by atoms with van der Waals surface area (Å²) < 4.78 is 0. The predicted octanol–water partition coefficient (Wildman–Crippen LogP) is -0.185. The third kappa shape index (κ3) is 4.87. The number of nitrogens with one attached hydrogen (secondary N) is 2. The fourth-order valence-corrected chi connectivity index (χ4v) is 2.62. The number of amides is 4. The van der Waals surface area contributed by atoms with Crippen molar-refractivity contribution in [1.82, 2.24) is 10.6 Å². The first kappa shape index (κ1) is 17.6. The van der Waals surface area contributed by atoms with Crippen molar-refractivity contribution in [3.63, 3.8) is 0 Å². The zero-order valence-electron chi connectivity index (χ0n) is 13.5. The summed E-state index contributed by atoms with van der Waals surface area (Å²) in [6.45, 7) is 2.40. The molecule has 0 saturated carbocycles. The zero-order chi connectivity index (χ0) is 17.5. The van der Waals surface area contributed by atoms with Gasteiger partial charge in [-0.2, -0.15) is 0 Å². The maximum Gasteiger partial charge on any atom is 0.316 e. The Morgan fingerprint density at radius 2 is 1.58 bits per heavy atom. The van der Waals surface area contributed by atoms with Crippen LogP contribution in [-0.2, 0) is 16.1 Å². The third-order valence-corrected chi connectivity index (χ3v) is 3.96. The predicted molar refractivity (Wildman–Crippen MR) is 90.1 cm³/mol. The number of hydrogen-bond acceptors (Lipinski definition) is 4. The van der Waals surface area contributed by atoms with E-state index in [0.717, 1.165) is 18.7 Å². The Morgan fingerprint density at radius 1 is 1.00 bits per heavy atom. The minimum atomic E-state index is -1.52. The molecule has 8 heteroatoms. The monoisotopic (exact) mass is 333 g/mol. The molecule has 1 aromatic rings. The molecule has 130 valence electrons. The molecule has 0 radical (unpaired) electrons. The lowest BCUT2D eigenvalue weighted by molar-refractivity contribution is -0.128. The zero-order valence-corrected chi connectivity index (χ0v) is 13.5. The van der Waals surface area contributed by atoms with Crippen molar-refractivity contribution in [2.24, 2.45) is 11.5 Å². The molecule has 0 atom stereocenters. The van der Waals surface area contributed by atoms with Crippen LogP contribution in [-0.4, -0.2) is 37.0 Å². The normalized spacial score (nSPS) is 14.3. The van der Waals surface area contributed by atoms with Gasteiger partial charge in [0.1, 0.15) is 0 Å². The van der Waals surface area contributed by atoms with Gasteiger partial charge in [-0.1, -0.05) is 12.1 Å². The number of hydrogen-bond donors (Lipinski definition) is 4. The summed E-state index contributed by atoms with van der Waals surface area (Å²) >= 11 is 0. The van der Waals surface area contributed by atoms with E-state index in [1.165, 1.54) is 24.9 Å². The van der Waals surface area contributed by atoms with Gasteiger partial charge in [0.25, 0.3) is 0 Å². The van der Waals surface area contributed by atoms with E-state index >= 15 is 0 Å². The molecule has 1 heterocycles. The number of carbonyl (C=O) groups is 3. The van der Waals surface area contributed by atoms with Gasteiger partial charge in [-0.25, -0.2) is 4.79 Å². The van der Waals surface area contributed by atoms with Crippen molar-refractivity contribution in [3.8, 4) is 0 Å². The average Bonchev–Trinajstić information content (AvgIpc) is 2.58. The van der Waals surface area contributed by atoms with Crippen LogP contribution in [0.3, 0.4) is 0 Å². The van der Waals surface area contributed by atoms with E-state index < -0.39 is 23.9 Å². The third-order valence-electron chi connectivity index (χ3n) is 3.96. The number of primary amides is 2. The highest BCUT2D eigenvalue weighted by Gasteiger charge is 2.23. The van der Waals surface area contributed by atoms with Gasteiger partial charge in [0.05, 0.1) is 0 Å². The molecule has 4 amide bonds. The summed E-state index contributed by atoms with van der Waals surface area (Å²) in [5.41, 5.74) is 12.1. The minimum Gasteiger partial charge on any atom is -0.372 e. The molecule has 0 aliphatic carbocycles. The number of anilines is 1. The first-order valence-corrected chi connectivity index (χ1v) is 7.94. The van der Waals surface area contributed by atoms with E-state index in [9.17, 15) is 14.4 Å². The number of benzene rings is 1. The number of carbonyl (C=O) groups excluding carboxylic acids is 3. The fraction of sp³-hybridized carbons (Fsp3) is 0.438. The molecule has 24 heavy (non-hydrogen) atoms. The van der Waals surface area contributed by atoms with Gasteiger partial charge < -0.3 is 27.0 Å². The molecule has 1 saturated heterocycles. The lowest BCUT2D eigenvalue weighted by Crippen LogP contribution is -2.54. The summed E-state index contributed by atoms with van der Waals surface area (Å²) in [4.78, 5) is 36.1. The smallest absolute Gasteiger partial charge is 0.316 e. The Kier molecular flexibility index (Phi) is 6.00. The van der Waals surface area contributed by atoms with Gasteiger partial charge in [-0.15, -0.1) is 0 Å². The van der Waals surface area contributed by atoms with Crippen molar-refractivity contribution >= 4 is 23.5 Å². The minimum absolute atomic E-state index is 0.260. The second-order valence-electron chi connectivity index (χ2n) is 5.78. The molecule has 2 rings (SSSR count). The number of nitrogens with two attached hydrogens (primary N) is 2. The quantitative estimate of drug-likeness (QED) is 0.538. The van der Waals surface area contributed by atoms with Crippen molar-refractivity contribution in [2.75, 3.05) is 18.0 Å². The van der Waals surface area contributed by atoms with Gasteiger partial charge >= 0.3 is 6.03 Å². The van der Waals surface area contributed by atoms with Crippen LogP contribution < -0.4 is 27.0 Å².